The molecule has 1 nitrogen and oxygen atoms in total. The van der Waals surface area contributed by atoms with Crippen molar-refractivity contribution in [3.8, 4) is 0 Å². The number of hydrogen-bond donors (Lipinski definition) is 0. The maximum atomic E-state index is 12.6. The number of rotatable bonds is 2. The third-order valence-electron chi connectivity index (χ3n) is 2.64. The highest BCUT2D eigenvalue weighted by Gasteiger charge is 2.25. The minimum atomic E-state index is -0.369. The topological polar surface area (TPSA) is 17.1 Å². The molecule has 0 heterocycles. The van der Waals surface area contributed by atoms with Crippen LogP contribution in [0.5, 0.6) is 0 Å². The second-order valence-electron chi connectivity index (χ2n) is 3.86. The molecule has 2 rings (SSSR count). The summed E-state index contributed by atoms with van der Waals surface area (Å²) in [6.07, 6.45) is 0. The van der Waals surface area contributed by atoms with Crippen molar-refractivity contribution in [1.82, 2.24) is 0 Å². The smallest absolute Gasteiger partial charge is 0.196 e. The van der Waals surface area contributed by atoms with Crippen LogP contribution in [0.15, 0.2) is 24.3 Å². The largest absolute Gasteiger partial charge is 0.288 e. The van der Waals surface area contributed by atoms with Gasteiger partial charge in [-0.05, 0) is 5.30 Å². The first-order valence-electron chi connectivity index (χ1n) is 5.27. The fraction of sp³-hybridized carbons (Fsp3) is 0. The minimum absolute atomic E-state index is 0.00678. The maximum Gasteiger partial charge on any atom is 0.196 e. The highest BCUT2D eigenvalue weighted by Crippen LogP contribution is 2.44. The van der Waals surface area contributed by atoms with E-state index in [0.29, 0.717) is 10.9 Å². The molecule has 0 aliphatic carbocycles. The Morgan fingerprint density at radius 3 is 1.75 bits per heavy atom. The number of ketones is 1. The Balaban J connectivity index is 2.71. The molecule has 0 fully saturated rings. The summed E-state index contributed by atoms with van der Waals surface area (Å²) in [5, 5.41) is 0.735. The second kappa shape index (κ2) is 6.40. The number of benzene rings is 2. The van der Waals surface area contributed by atoms with Crippen LogP contribution in [0.3, 0.4) is 0 Å². The van der Waals surface area contributed by atoms with Crippen molar-refractivity contribution in [3.63, 3.8) is 0 Å². The average molecular weight is 386 g/mol. The Labute approximate surface area is 143 Å². The number of halogens is 5. The van der Waals surface area contributed by atoms with Gasteiger partial charge < -0.3 is 0 Å². The lowest BCUT2D eigenvalue weighted by Crippen LogP contribution is -2.12. The Morgan fingerprint density at radius 2 is 1.25 bits per heavy atom. The van der Waals surface area contributed by atoms with E-state index in [1.54, 1.807) is 18.2 Å². The van der Waals surface area contributed by atoms with E-state index in [-0.39, 0.29) is 36.5 Å². The van der Waals surface area contributed by atoms with Crippen molar-refractivity contribution >= 4 is 78.3 Å². The molecule has 2 aromatic carbocycles. The summed E-state index contributed by atoms with van der Waals surface area (Å²) in [7, 11) is 2.47. The van der Waals surface area contributed by atoms with Crippen LogP contribution in [0.4, 0.5) is 0 Å². The van der Waals surface area contributed by atoms with Crippen LogP contribution in [0, 0.1) is 0 Å². The molecule has 0 radical (unpaired) electrons. The number of hydrogen-bond acceptors (Lipinski definition) is 1. The first-order valence-corrected chi connectivity index (χ1v) is 7.73. The molecule has 0 spiro atoms. The fourth-order valence-electron chi connectivity index (χ4n) is 1.64. The first-order chi connectivity index (χ1) is 9.36. The number of carbonyl (C=O) groups is 1. The van der Waals surface area contributed by atoms with E-state index in [9.17, 15) is 4.79 Å². The van der Waals surface area contributed by atoms with Crippen molar-refractivity contribution in [2.75, 3.05) is 0 Å². The van der Waals surface area contributed by atoms with Crippen LogP contribution in [0.1, 0.15) is 15.9 Å². The van der Waals surface area contributed by atoms with E-state index in [2.05, 4.69) is 9.24 Å². The monoisotopic (exact) mass is 384 g/mol. The van der Waals surface area contributed by atoms with Crippen LogP contribution in [-0.2, 0) is 0 Å². The summed E-state index contributed by atoms with van der Waals surface area (Å²) in [5.41, 5.74) is 0.485. The zero-order chi connectivity index (χ0) is 15.0. The van der Waals surface area contributed by atoms with E-state index >= 15 is 0 Å². The van der Waals surface area contributed by atoms with Crippen molar-refractivity contribution in [2.45, 2.75) is 0 Å². The second-order valence-corrected chi connectivity index (χ2v) is 6.37. The van der Waals surface area contributed by atoms with Gasteiger partial charge in [-0.1, -0.05) is 82.3 Å². The van der Waals surface area contributed by atoms with Crippen LogP contribution >= 0.6 is 67.2 Å². The highest BCUT2D eigenvalue weighted by molar-refractivity contribution is 7.27. The predicted octanol–water partition coefficient (Wildman–Crippen LogP) is 5.69. The lowest BCUT2D eigenvalue weighted by Gasteiger charge is -2.12. The van der Waals surface area contributed by atoms with Crippen LogP contribution in [0.25, 0.3) is 0 Å². The quantitative estimate of drug-likeness (QED) is 0.281. The standard InChI is InChI=1S/C13H6Cl5OP/c14-8-7(9(15)11(17)12(18)10(8)16)13(19)5-3-1-2-4-6(5)20/h1-4H,20H2. The average Bonchev–Trinajstić information content (AvgIpc) is 2.43. The van der Waals surface area contributed by atoms with Gasteiger partial charge in [0.15, 0.2) is 5.78 Å². The van der Waals surface area contributed by atoms with Gasteiger partial charge in [-0.2, -0.15) is 0 Å². The number of carbonyl (C=O) groups excluding carboxylic acids is 1. The molecule has 20 heavy (non-hydrogen) atoms. The fourth-order valence-corrected chi connectivity index (χ4v) is 3.29. The molecule has 1 atom stereocenters. The van der Waals surface area contributed by atoms with E-state index in [4.69, 9.17) is 58.0 Å². The van der Waals surface area contributed by atoms with Crippen LogP contribution in [0.2, 0.25) is 25.1 Å². The van der Waals surface area contributed by atoms with Crippen molar-refractivity contribution in [1.29, 1.82) is 0 Å². The summed E-state index contributed by atoms with van der Waals surface area (Å²) in [5.74, 6) is -0.369. The molecule has 0 bridgehead atoms. The third kappa shape index (κ3) is 2.81. The molecular formula is C13H6Cl5OP. The first kappa shape index (κ1) is 16.4. The summed E-state index contributed by atoms with van der Waals surface area (Å²) >= 11 is 30.0. The van der Waals surface area contributed by atoms with Crippen molar-refractivity contribution in [2.24, 2.45) is 0 Å². The Bertz CT molecular complexity index is 685. The van der Waals surface area contributed by atoms with Gasteiger partial charge in [-0.15, -0.1) is 9.24 Å². The summed E-state index contributed by atoms with van der Waals surface area (Å²) in [4.78, 5) is 12.6. The van der Waals surface area contributed by atoms with E-state index in [0.717, 1.165) is 0 Å². The molecule has 0 saturated heterocycles. The Morgan fingerprint density at radius 1 is 0.800 bits per heavy atom. The SMILES string of the molecule is O=C(c1ccccc1P)c1c(Cl)c(Cl)c(Cl)c(Cl)c1Cl. The summed E-state index contributed by atoms with van der Waals surface area (Å²) in [6.45, 7) is 0. The predicted molar refractivity (Wildman–Crippen MR) is 90.7 cm³/mol. The van der Waals surface area contributed by atoms with Crippen LogP contribution in [-0.4, -0.2) is 5.78 Å². The Kier molecular flexibility index (Phi) is 5.24. The zero-order valence-electron chi connectivity index (χ0n) is 9.68. The summed E-state index contributed by atoms with van der Waals surface area (Å²) in [6, 6.07) is 6.98. The van der Waals surface area contributed by atoms with Gasteiger partial charge in [0.25, 0.3) is 0 Å². The van der Waals surface area contributed by atoms with E-state index in [1.807, 2.05) is 6.07 Å². The molecule has 0 N–H and O–H groups in total. The molecule has 0 saturated carbocycles. The van der Waals surface area contributed by atoms with Crippen LogP contribution < -0.4 is 5.30 Å². The molecule has 0 amide bonds. The Hall–Kier alpha value is -0.0100. The van der Waals surface area contributed by atoms with Crippen molar-refractivity contribution in [3.05, 3.63) is 60.5 Å². The van der Waals surface area contributed by atoms with Gasteiger partial charge in [0, 0.05) is 5.56 Å². The third-order valence-corrected chi connectivity index (χ3v) is 5.42. The van der Waals surface area contributed by atoms with Gasteiger partial charge in [-0.25, -0.2) is 0 Å². The molecule has 1 unspecified atom stereocenters. The molecule has 0 aromatic heterocycles. The summed E-state index contributed by atoms with van der Waals surface area (Å²) < 4.78 is 0. The molecule has 104 valence electrons. The van der Waals surface area contributed by atoms with E-state index < -0.39 is 0 Å². The maximum absolute atomic E-state index is 12.6. The van der Waals surface area contributed by atoms with Crippen molar-refractivity contribution < 1.29 is 4.79 Å². The molecule has 2 aromatic rings. The van der Waals surface area contributed by atoms with E-state index in [1.165, 1.54) is 0 Å². The molecule has 0 aliphatic rings. The lowest BCUT2D eigenvalue weighted by atomic mass is 10.0. The normalized spacial score (nSPS) is 10.7. The molecular weight excluding hydrogens is 380 g/mol. The minimum Gasteiger partial charge on any atom is -0.288 e. The van der Waals surface area contributed by atoms with Gasteiger partial charge in [-0.3, -0.25) is 4.79 Å². The van der Waals surface area contributed by atoms with Gasteiger partial charge in [0.1, 0.15) is 0 Å². The molecule has 7 heteroatoms. The highest BCUT2D eigenvalue weighted by atomic mass is 35.5. The van der Waals surface area contributed by atoms with Gasteiger partial charge >= 0.3 is 0 Å². The van der Waals surface area contributed by atoms with Gasteiger partial charge in [0.05, 0.1) is 30.7 Å². The zero-order valence-corrected chi connectivity index (χ0v) is 14.6. The lowest BCUT2D eigenvalue weighted by molar-refractivity contribution is 0.104. The van der Waals surface area contributed by atoms with Gasteiger partial charge in [0.2, 0.25) is 0 Å². The molecule has 0 aliphatic heterocycles.